The van der Waals surface area contributed by atoms with Crippen LogP contribution in [0.15, 0.2) is 24.3 Å². The van der Waals surface area contributed by atoms with Gasteiger partial charge in [-0.3, -0.25) is 9.59 Å². The number of rotatable bonds is 3. The summed E-state index contributed by atoms with van der Waals surface area (Å²) in [5, 5.41) is 2.76. The highest BCUT2D eigenvalue weighted by atomic mass is 19.1. The molecule has 3 rings (SSSR count). The normalized spacial score (nSPS) is 25.1. The Morgan fingerprint density at radius 3 is 2.77 bits per heavy atom. The number of nitrogens with one attached hydrogen (secondary N) is 1. The first-order valence-electron chi connectivity index (χ1n) is 7.92. The average Bonchev–Trinajstić information content (AvgIpc) is 2.97. The van der Waals surface area contributed by atoms with Gasteiger partial charge in [0.2, 0.25) is 11.8 Å². The van der Waals surface area contributed by atoms with E-state index in [2.05, 4.69) is 5.32 Å². The molecule has 1 N–H and O–H groups in total. The van der Waals surface area contributed by atoms with Crippen LogP contribution >= 0.6 is 0 Å². The fraction of sp³-hybridized carbons (Fsp3) is 0.529. The summed E-state index contributed by atoms with van der Waals surface area (Å²) >= 11 is 0. The van der Waals surface area contributed by atoms with Gasteiger partial charge < -0.3 is 10.2 Å². The lowest BCUT2D eigenvalue weighted by Crippen LogP contribution is -2.42. The van der Waals surface area contributed by atoms with Gasteiger partial charge in [0, 0.05) is 32.0 Å². The number of hydrogen-bond donors (Lipinski definition) is 1. The molecule has 2 amide bonds. The third-order valence-electron chi connectivity index (χ3n) is 4.63. The number of carbonyl (C=O) groups excluding carboxylic acids is 2. The van der Waals surface area contributed by atoms with E-state index in [1.54, 1.807) is 0 Å². The summed E-state index contributed by atoms with van der Waals surface area (Å²) in [6.45, 7) is 2.11. The second-order valence-electron chi connectivity index (χ2n) is 6.31. The summed E-state index contributed by atoms with van der Waals surface area (Å²) < 4.78 is 12.9. The number of piperidine rings is 1. The summed E-state index contributed by atoms with van der Waals surface area (Å²) in [4.78, 5) is 25.8. The first kappa shape index (κ1) is 15.0. The van der Waals surface area contributed by atoms with Crippen LogP contribution in [0, 0.1) is 17.7 Å². The van der Waals surface area contributed by atoms with Crippen molar-refractivity contribution in [3.8, 4) is 0 Å². The molecule has 118 valence electrons. The lowest BCUT2D eigenvalue weighted by Gasteiger charge is -2.26. The molecule has 5 heteroatoms. The summed E-state index contributed by atoms with van der Waals surface area (Å²) in [5.41, 5.74) is 1.11. The lowest BCUT2D eigenvalue weighted by atomic mass is 9.96. The maximum absolute atomic E-state index is 12.9. The number of carbonyl (C=O) groups is 2. The Hall–Kier alpha value is -1.91. The van der Waals surface area contributed by atoms with E-state index < -0.39 is 0 Å². The van der Waals surface area contributed by atoms with E-state index in [1.807, 2.05) is 17.0 Å². The summed E-state index contributed by atoms with van der Waals surface area (Å²) in [7, 11) is 0. The average molecular weight is 304 g/mol. The molecule has 2 atom stereocenters. The predicted molar refractivity (Wildman–Crippen MR) is 80.5 cm³/mol. The lowest BCUT2D eigenvalue weighted by molar-refractivity contribution is -0.139. The zero-order valence-electron chi connectivity index (χ0n) is 12.6. The van der Waals surface area contributed by atoms with Crippen LogP contribution in [-0.4, -0.2) is 36.3 Å². The molecule has 4 nitrogen and oxygen atoms in total. The van der Waals surface area contributed by atoms with Crippen molar-refractivity contribution in [2.75, 3.05) is 19.6 Å². The van der Waals surface area contributed by atoms with E-state index in [9.17, 15) is 14.0 Å². The van der Waals surface area contributed by atoms with Gasteiger partial charge in [0.05, 0.1) is 0 Å². The number of nitrogens with zero attached hydrogens (tertiary/aromatic N) is 1. The van der Waals surface area contributed by atoms with Crippen molar-refractivity contribution in [3.05, 3.63) is 35.6 Å². The molecule has 22 heavy (non-hydrogen) atoms. The number of benzene rings is 1. The molecule has 1 aromatic carbocycles. The standard InChI is InChI=1S/C17H21FN2O2/c18-15-3-1-12(2-4-15)9-13-6-8-20(11-13)17(22)14-5-7-19-16(21)10-14/h1-4,13-14H,5-11H2,(H,19,21). The number of halogens is 1. The van der Waals surface area contributed by atoms with Gasteiger partial charge in [0.15, 0.2) is 0 Å². The minimum atomic E-state index is -0.220. The molecule has 2 unspecified atom stereocenters. The van der Waals surface area contributed by atoms with E-state index in [0.29, 0.717) is 18.9 Å². The highest BCUT2D eigenvalue weighted by Crippen LogP contribution is 2.25. The van der Waals surface area contributed by atoms with E-state index >= 15 is 0 Å². The Kier molecular flexibility index (Phi) is 4.41. The highest BCUT2D eigenvalue weighted by Gasteiger charge is 2.33. The van der Waals surface area contributed by atoms with Crippen LogP contribution in [0.3, 0.4) is 0 Å². The van der Waals surface area contributed by atoms with E-state index in [4.69, 9.17) is 0 Å². The number of likely N-dealkylation sites (tertiary alicyclic amines) is 1. The van der Waals surface area contributed by atoms with Gasteiger partial charge >= 0.3 is 0 Å². The fourth-order valence-corrected chi connectivity index (χ4v) is 3.41. The van der Waals surface area contributed by atoms with Gasteiger partial charge in [0.25, 0.3) is 0 Å². The van der Waals surface area contributed by atoms with Gasteiger partial charge in [-0.2, -0.15) is 0 Å². The zero-order valence-corrected chi connectivity index (χ0v) is 12.6. The maximum atomic E-state index is 12.9. The Labute approximate surface area is 129 Å². The van der Waals surface area contributed by atoms with Crippen molar-refractivity contribution in [1.82, 2.24) is 10.2 Å². The van der Waals surface area contributed by atoms with Crippen LogP contribution in [0.4, 0.5) is 4.39 Å². The minimum absolute atomic E-state index is 0.0216. The van der Waals surface area contributed by atoms with Gasteiger partial charge in [-0.15, -0.1) is 0 Å². The van der Waals surface area contributed by atoms with Crippen LogP contribution in [0.1, 0.15) is 24.8 Å². The topological polar surface area (TPSA) is 49.4 Å². The van der Waals surface area contributed by atoms with Crippen LogP contribution in [0.2, 0.25) is 0 Å². The zero-order chi connectivity index (χ0) is 15.5. The molecule has 2 fully saturated rings. The first-order chi connectivity index (χ1) is 10.6. The first-order valence-corrected chi connectivity index (χ1v) is 7.92. The largest absolute Gasteiger partial charge is 0.356 e. The third-order valence-corrected chi connectivity index (χ3v) is 4.63. The highest BCUT2D eigenvalue weighted by molar-refractivity contribution is 5.87. The fourth-order valence-electron chi connectivity index (χ4n) is 3.41. The molecule has 2 heterocycles. The second kappa shape index (κ2) is 6.46. The molecular weight excluding hydrogens is 283 g/mol. The van der Waals surface area contributed by atoms with Gasteiger partial charge in [0.1, 0.15) is 5.82 Å². The molecular formula is C17H21FN2O2. The molecule has 0 saturated carbocycles. The molecule has 0 bridgehead atoms. The smallest absolute Gasteiger partial charge is 0.226 e. The molecule has 2 saturated heterocycles. The summed E-state index contributed by atoms with van der Waals surface area (Å²) in [5.74, 6) is 0.149. The van der Waals surface area contributed by atoms with Gasteiger partial charge in [-0.25, -0.2) is 4.39 Å². The van der Waals surface area contributed by atoms with Gasteiger partial charge in [-0.1, -0.05) is 12.1 Å². The quantitative estimate of drug-likeness (QED) is 0.925. The Morgan fingerprint density at radius 1 is 1.27 bits per heavy atom. The van der Waals surface area contributed by atoms with Crippen LogP contribution < -0.4 is 5.32 Å². The molecule has 0 spiro atoms. The van der Waals surface area contributed by atoms with Crippen molar-refractivity contribution in [1.29, 1.82) is 0 Å². The van der Waals surface area contributed by atoms with Crippen molar-refractivity contribution in [3.63, 3.8) is 0 Å². The predicted octanol–water partition coefficient (Wildman–Crippen LogP) is 1.74. The van der Waals surface area contributed by atoms with Crippen LogP contribution in [0.5, 0.6) is 0 Å². The van der Waals surface area contributed by atoms with Crippen molar-refractivity contribution in [2.45, 2.75) is 25.7 Å². The molecule has 0 aliphatic carbocycles. The number of amides is 2. The van der Waals surface area contributed by atoms with Crippen LogP contribution in [-0.2, 0) is 16.0 Å². The summed E-state index contributed by atoms with van der Waals surface area (Å²) in [6.07, 6.45) is 2.90. The molecule has 0 aromatic heterocycles. The second-order valence-corrected chi connectivity index (χ2v) is 6.31. The van der Waals surface area contributed by atoms with E-state index in [1.165, 1.54) is 12.1 Å². The van der Waals surface area contributed by atoms with Crippen LogP contribution in [0.25, 0.3) is 0 Å². The van der Waals surface area contributed by atoms with Crippen molar-refractivity contribution >= 4 is 11.8 Å². The third kappa shape index (κ3) is 3.46. The molecule has 0 radical (unpaired) electrons. The van der Waals surface area contributed by atoms with Gasteiger partial charge in [-0.05, 0) is 42.9 Å². The van der Waals surface area contributed by atoms with Crippen molar-refractivity contribution < 1.29 is 14.0 Å². The van der Waals surface area contributed by atoms with Crippen molar-refractivity contribution in [2.24, 2.45) is 11.8 Å². The number of hydrogen-bond acceptors (Lipinski definition) is 2. The molecule has 1 aromatic rings. The Balaban J connectivity index is 1.54. The minimum Gasteiger partial charge on any atom is -0.356 e. The molecule has 2 aliphatic rings. The van der Waals surface area contributed by atoms with E-state index in [-0.39, 0.29) is 23.5 Å². The Bertz CT molecular complexity index is 558. The SMILES string of the molecule is O=C1CC(C(=O)N2CCC(Cc3ccc(F)cc3)C2)CCN1. The molecule has 2 aliphatic heterocycles. The Morgan fingerprint density at radius 2 is 2.05 bits per heavy atom. The maximum Gasteiger partial charge on any atom is 0.226 e. The summed E-state index contributed by atoms with van der Waals surface area (Å²) in [6, 6.07) is 6.58. The van der Waals surface area contributed by atoms with E-state index in [0.717, 1.165) is 37.9 Å². The monoisotopic (exact) mass is 304 g/mol.